The summed E-state index contributed by atoms with van der Waals surface area (Å²) in [6.45, 7) is 0. The number of carbonyl (C=O) groups excluding carboxylic acids is 1. The molecule has 0 spiro atoms. The van der Waals surface area contributed by atoms with Crippen molar-refractivity contribution in [3.63, 3.8) is 0 Å². The molecule has 0 bridgehead atoms. The molecule has 2 rings (SSSR count). The molecule has 0 atom stereocenters. The molecular formula is C13H12N2O. The Kier molecular flexibility index (Phi) is 3.18. The lowest BCUT2D eigenvalue weighted by Gasteiger charge is -1.99. The van der Waals surface area contributed by atoms with Crippen molar-refractivity contribution in [3.05, 3.63) is 54.2 Å². The van der Waals surface area contributed by atoms with Gasteiger partial charge in [-0.15, -0.1) is 0 Å². The van der Waals surface area contributed by atoms with Gasteiger partial charge in [-0.3, -0.25) is 10.2 Å². The Balaban J connectivity index is 2.19. The van der Waals surface area contributed by atoms with E-state index in [1.54, 1.807) is 6.20 Å². The van der Waals surface area contributed by atoms with E-state index in [2.05, 4.69) is 35.1 Å². The van der Waals surface area contributed by atoms with Crippen LogP contribution in [0.4, 0.5) is 0 Å². The molecule has 0 aliphatic heterocycles. The summed E-state index contributed by atoms with van der Waals surface area (Å²) in [5.41, 5.74) is 6.05. The van der Waals surface area contributed by atoms with Gasteiger partial charge in [-0.05, 0) is 28.5 Å². The Morgan fingerprint density at radius 3 is 2.56 bits per heavy atom. The third-order valence-corrected chi connectivity index (χ3v) is 2.27. The van der Waals surface area contributed by atoms with Crippen LogP contribution in [0.15, 0.2) is 48.7 Å². The molecule has 0 aliphatic carbocycles. The van der Waals surface area contributed by atoms with Crippen molar-refractivity contribution < 1.29 is 4.79 Å². The predicted octanol–water partition coefficient (Wildman–Crippen LogP) is 2.06. The van der Waals surface area contributed by atoms with Crippen LogP contribution in [0.25, 0.3) is 16.8 Å². The number of fused-ring (bicyclic) bond motifs is 1. The van der Waals surface area contributed by atoms with Gasteiger partial charge >= 0.3 is 0 Å². The highest BCUT2D eigenvalue weighted by molar-refractivity contribution is 5.84. The van der Waals surface area contributed by atoms with E-state index in [-0.39, 0.29) is 0 Å². The zero-order chi connectivity index (χ0) is 11.2. The van der Waals surface area contributed by atoms with Crippen molar-refractivity contribution in [1.82, 2.24) is 10.9 Å². The van der Waals surface area contributed by atoms with Gasteiger partial charge in [-0.2, -0.15) is 0 Å². The smallest absolute Gasteiger partial charge is 0.225 e. The normalized spacial score (nSPS) is 10.5. The van der Waals surface area contributed by atoms with Crippen LogP contribution in [-0.4, -0.2) is 6.41 Å². The van der Waals surface area contributed by atoms with Gasteiger partial charge in [-0.25, -0.2) is 0 Å². The van der Waals surface area contributed by atoms with Crippen LogP contribution in [0.5, 0.6) is 0 Å². The average molecular weight is 212 g/mol. The molecule has 0 radical (unpaired) electrons. The van der Waals surface area contributed by atoms with Crippen LogP contribution in [0.3, 0.4) is 0 Å². The molecule has 0 saturated carbocycles. The van der Waals surface area contributed by atoms with Crippen molar-refractivity contribution in [3.8, 4) is 0 Å². The van der Waals surface area contributed by atoms with Crippen LogP contribution in [0.2, 0.25) is 0 Å². The monoisotopic (exact) mass is 212 g/mol. The summed E-state index contributed by atoms with van der Waals surface area (Å²) in [6, 6.07) is 14.4. The van der Waals surface area contributed by atoms with Gasteiger partial charge in [0.2, 0.25) is 6.41 Å². The second-order valence-corrected chi connectivity index (χ2v) is 3.35. The van der Waals surface area contributed by atoms with E-state index in [4.69, 9.17) is 0 Å². The summed E-state index contributed by atoms with van der Waals surface area (Å²) in [6.07, 6.45) is 4.16. The van der Waals surface area contributed by atoms with Gasteiger partial charge < -0.3 is 5.43 Å². The minimum absolute atomic E-state index is 0.588. The largest absolute Gasteiger partial charge is 0.306 e. The first-order valence-corrected chi connectivity index (χ1v) is 5.00. The predicted molar refractivity (Wildman–Crippen MR) is 65.3 cm³/mol. The van der Waals surface area contributed by atoms with Gasteiger partial charge in [0.05, 0.1) is 0 Å². The summed E-state index contributed by atoms with van der Waals surface area (Å²) in [4.78, 5) is 9.98. The number of hydrogen-bond donors (Lipinski definition) is 2. The maximum absolute atomic E-state index is 9.98. The fourth-order valence-corrected chi connectivity index (χ4v) is 1.53. The van der Waals surface area contributed by atoms with E-state index in [1.165, 1.54) is 10.8 Å². The zero-order valence-corrected chi connectivity index (χ0v) is 8.68. The fourth-order valence-electron chi connectivity index (χ4n) is 1.53. The number of benzene rings is 2. The first kappa shape index (κ1) is 10.2. The summed E-state index contributed by atoms with van der Waals surface area (Å²) < 4.78 is 0. The van der Waals surface area contributed by atoms with Crippen LogP contribution >= 0.6 is 0 Å². The molecule has 16 heavy (non-hydrogen) atoms. The first-order valence-electron chi connectivity index (χ1n) is 5.00. The third-order valence-electron chi connectivity index (χ3n) is 2.27. The van der Waals surface area contributed by atoms with Crippen LogP contribution in [-0.2, 0) is 4.79 Å². The van der Waals surface area contributed by atoms with Crippen molar-refractivity contribution in [2.24, 2.45) is 0 Å². The minimum Gasteiger partial charge on any atom is -0.306 e. The second kappa shape index (κ2) is 4.98. The Morgan fingerprint density at radius 1 is 0.938 bits per heavy atom. The average Bonchev–Trinajstić information content (AvgIpc) is 2.34. The van der Waals surface area contributed by atoms with E-state index in [9.17, 15) is 4.79 Å². The van der Waals surface area contributed by atoms with E-state index >= 15 is 0 Å². The van der Waals surface area contributed by atoms with Crippen molar-refractivity contribution in [2.45, 2.75) is 0 Å². The van der Waals surface area contributed by atoms with Gasteiger partial charge in [0, 0.05) is 6.20 Å². The lowest BCUT2D eigenvalue weighted by atomic mass is 10.1. The topological polar surface area (TPSA) is 41.1 Å². The molecule has 0 aromatic heterocycles. The van der Waals surface area contributed by atoms with E-state index in [1.807, 2.05) is 24.3 Å². The van der Waals surface area contributed by atoms with Gasteiger partial charge in [0.1, 0.15) is 0 Å². The molecule has 80 valence electrons. The Labute approximate surface area is 93.7 Å². The molecule has 2 N–H and O–H groups in total. The molecule has 0 saturated heterocycles. The molecule has 0 aliphatic rings. The maximum Gasteiger partial charge on any atom is 0.225 e. The minimum atomic E-state index is 0.588. The first-order chi connectivity index (χ1) is 7.90. The lowest BCUT2D eigenvalue weighted by Crippen LogP contribution is -2.24. The zero-order valence-electron chi connectivity index (χ0n) is 8.68. The standard InChI is InChI=1S/C13H12N2O/c16-10-15-14-8-7-11-5-6-12-3-1-2-4-13(12)9-11/h1-10,14H,(H,15,16)/b8-7+. The lowest BCUT2D eigenvalue weighted by molar-refractivity contribution is -0.110. The van der Waals surface area contributed by atoms with Crippen LogP contribution in [0, 0.1) is 0 Å². The van der Waals surface area contributed by atoms with Crippen molar-refractivity contribution in [2.75, 3.05) is 0 Å². The van der Waals surface area contributed by atoms with Gasteiger partial charge in [0.15, 0.2) is 0 Å². The molecule has 0 fully saturated rings. The Hall–Kier alpha value is -2.29. The quantitative estimate of drug-likeness (QED) is 0.462. The van der Waals surface area contributed by atoms with Crippen molar-refractivity contribution >= 4 is 23.3 Å². The second-order valence-electron chi connectivity index (χ2n) is 3.35. The van der Waals surface area contributed by atoms with E-state index in [0.29, 0.717) is 6.41 Å². The number of hydrazine groups is 1. The number of hydrogen-bond acceptors (Lipinski definition) is 2. The summed E-state index contributed by atoms with van der Waals surface area (Å²) in [7, 11) is 0. The fraction of sp³-hybridized carbons (Fsp3) is 0. The van der Waals surface area contributed by atoms with Gasteiger partial charge in [0.25, 0.3) is 0 Å². The van der Waals surface area contributed by atoms with Crippen LogP contribution < -0.4 is 10.9 Å². The maximum atomic E-state index is 9.98. The molecule has 0 unspecified atom stereocenters. The molecule has 2 aromatic carbocycles. The molecule has 3 nitrogen and oxygen atoms in total. The molecule has 0 heterocycles. The van der Waals surface area contributed by atoms with Crippen LogP contribution in [0.1, 0.15) is 5.56 Å². The van der Waals surface area contributed by atoms with E-state index < -0.39 is 0 Å². The molecule has 3 heteroatoms. The Morgan fingerprint density at radius 2 is 1.75 bits per heavy atom. The SMILES string of the molecule is O=CNN/C=C/c1ccc2ccccc2c1. The summed E-state index contributed by atoms with van der Waals surface area (Å²) in [5, 5.41) is 2.42. The highest BCUT2D eigenvalue weighted by atomic mass is 16.1. The third kappa shape index (κ3) is 2.39. The highest BCUT2D eigenvalue weighted by Gasteiger charge is 1.92. The summed E-state index contributed by atoms with van der Waals surface area (Å²) >= 11 is 0. The Bertz CT molecular complexity index is 520. The number of rotatable bonds is 4. The summed E-state index contributed by atoms with van der Waals surface area (Å²) in [5.74, 6) is 0. The van der Waals surface area contributed by atoms with E-state index in [0.717, 1.165) is 5.56 Å². The number of carbonyl (C=O) groups is 1. The van der Waals surface area contributed by atoms with Crippen molar-refractivity contribution in [1.29, 1.82) is 0 Å². The number of amides is 1. The molecule has 2 aromatic rings. The highest BCUT2D eigenvalue weighted by Crippen LogP contribution is 2.16. The molecular weight excluding hydrogens is 200 g/mol. The van der Waals surface area contributed by atoms with Gasteiger partial charge in [-0.1, -0.05) is 36.4 Å². The number of nitrogens with one attached hydrogen (secondary N) is 2. The molecule has 1 amide bonds.